The van der Waals surface area contributed by atoms with Crippen LogP contribution in [0, 0.1) is 6.92 Å². The maximum atomic E-state index is 11.7. The van der Waals surface area contributed by atoms with Crippen LogP contribution in [0.15, 0.2) is 47.1 Å². The Balaban J connectivity index is 2.01. The van der Waals surface area contributed by atoms with Crippen LogP contribution in [-0.4, -0.2) is 21.2 Å². The van der Waals surface area contributed by atoms with Crippen LogP contribution in [0.5, 0.6) is 0 Å². The van der Waals surface area contributed by atoms with Crippen molar-refractivity contribution in [1.82, 2.24) is 10.1 Å². The fraction of sp³-hybridized carbons (Fsp3) is 0.0526. The van der Waals surface area contributed by atoms with Crippen LogP contribution in [0.4, 0.5) is 0 Å². The topological polar surface area (TPSA) is 79.1 Å². The number of aromatic nitrogens is 2. The predicted molar refractivity (Wildman–Crippen MR) is 101 cm³/mol. The molecule has 0 aliphatic heterocycles. The second kappa shape index (κ2) is 6.20. The Bertz CT molecular complexity index is 1160. The van der Waals surface area contributed by atoms with Crippen molar-refractivity contribution in [2.75, 3.05) is 0 Å². The number of hydrogen-bond acceptors (Lipinski definition) is 3. The molecular weight excluding hydrogens is 375 g/mol. The van der Waals surface area contributed by atoms with Crippen molar-refractivity contribution in [3.05, 3.63) is 63.9 Å². The number of nitrogens with zero attached hydrogens (tertiary/aromatic N) is 1. The van der Waals surface area contributed by atoms with Gasteiger partial charge < -0.3 is 14.6 Å². The van der Waals surface area contributed by atoms with E-state index in [1.807, 2.05) is 25.1 Å². The van der Waals surface area contributed by atoms with Crippen molar-refractivity contribution < 1.29 is 14.4 Å². The highest BCUT2D eigenvalue weighted by Gasteiger charge is 2.26. The maximum absolute atomic E-state index is 11.7. The first-order chi connectivity index (χ1) is 12.5. The molecule has 0 amide bonds. The van der Waals surface area contributed by atoms with Crippen LogP contribution in [-0.2, 0) is 0 Å². The van der Waals surface area contributed by atoms with E-state index in [4.69, 9.17) is 27.7 Å². The van der Waals surface area contributed by atoms with Gasteiger partial charge in [0.15, 0.2) is 11.5 Å². The summed E-state index contributed by atoms with van der Waals surface area (Å²) in [6.07, 6.45) is 1.75. The van der Waals surface area contributed by atoms with Gasteiger partial charge in [-0.25, -0.2) is 4.79 Å². The second-order valence-corrected chi connectivity index (χ2v) is 6.74. The number of halogens is 2. The van der Waals surface area contributed by atoms with Crippen molar-refractivity contribution in [2.45, 2.75) is 6.92 Å². The van der Waals surface area contributed by atoms with Crippen LogP contribution in [0.1, 0.15) is 16.1 Å². The number of benzene rings is 2. The Kier molecular flexibility index (Phi) is 3.98. The van der Waals surface area contributed by atoms with Gasteiger partial charge >= 0.3 is 5.97 Å². The summed E-state index contributed by atoms with van der Waals surface area (Å²) in [5.41, 5.74) is 3.52. The summed E-state index contributed by atoms with van der Waals surface area (Å²) in [6.45, 7) is 1.99. The number of carboxylic acid groups (broad SMARTS) is 1. The molecule has 0 atom stereocenters. The number of aromatic carboxylic acids is 1. The molecular formula is C19H12Cl2N2O3. The molecule has 2 aromatic carbocycles. The SMILES string of the molecule is Cc1ccc2c(-c3c(C(=O)O)noc3-c3ccc(Cl)c(Cl)c3)c[nH]c2c1. The number of H-pyrrole nitrogens is 1. The largest absolute Gasteiger partial charge is 0.476 e. The summed E-state index contributed by atoms with van der Waals surface area (Å²) < 4.78 is 5.39. The molecule has 2 N–H and O–H groups in total. The molecule has 0 aliphatic rings. The second-order valence-electron chi connectivity index (χ2n) is 5.92. The molecule has 130 valence electrons. The maximum Gasteiger partial charge on any atom is 0.358 e. The van der Waals surface area contributed by atoms with E-state index in [2.05, 4.69) is 10.1 Å². The van der Waals surface area contributed by atoms with Crippen LogP contribution in [0.25, 0.3) is 33.4 Å². The molecule has 2 heterocycles. The van der Waals surface area contributed by atoms with E-state index in [0.29, 0.717) is 32.5 Å². The van der Waals surface area contributed by atoms with Gasteiger partial charge in [-0.05, 0) is 36.8 Å². The molecule has 0 aliphatic carbocycles. The fourth-order valence-electron chi connectivity index (χ4n) is 2.97. The highest BCUT2D eigenvalue weighted by Crippen LogP contribution is 2.40. The Morgan fingerprint density at radius 1 is 1.15 bits per heavy atom. The van der Waals surface area contributed by atoms with Crippen LogP contribution < -0.4 is 0 Å². The lowest BCUT2D eigenvalue weighted by Crippen LogP contribution is -1.98. The number of fused-ring (bicyclic) bond motifs is 1. The van der Waals surface area contributed by atoms with Crippen LogP contribution in [0.3, 0.4) is 0 Å². The molecule has 0 unspecified atom stereocenters. The zero-order valence-electron chi connectivity index (χ0n) is 13.5. The van der Waals surface area contributed by atoms with E-state index in [1.54, 1.807) is 24.4 Å². The Labute approximate surface area is 158 Å². The standard InChI is InChI=1S/C19H12Cl2N2O3/c1-9-2-4-11-12(8-22-15(11)6-9)16-17(19(24)25)23-26-18(16)10-3-5-13(20)14(21)7-10/h2-8,22H,1H3,(H,24,25). The van der Waals surface area contributed by atoms with E-state index in [0.717, 1.165) is 16.5 Å². The van der Waals surface area contributed by atoms with E-state index in [1.165, 1.54) is 0 Å². The number of aryl methyl sites for hydroxylation is 1. The quantitative estimate of drug-likeness (QED) is 0.465. The lowest BCUT2D eigenvalue weighted by Gasteiger charge is -2.04. The summed E-state index contributed by atoms with van der Waals surface area (Å²) in [4.78, 5) is 14.9. The minimum absolute atomic E-state index is 0.160. The van der Waals surface area contributed by atoms with Gasteiger partial charge in [-0.3, -0.25) is 0 Å². The average molecular weight is 387 g/mol. The minimum Gasteiger partial charge on any atom is -0.476 e. The smallest absolute Gasteiger partial charge is 0.358 e. The lowest BCUT2D eigenvalue weighted by molar-refractivity contribution is 0.0686. The van der Waals surface area contributed by atoms with Gasteiger partial charge in [-0.1, -0.05) is 40.5 Å². The number of aromatic amines is 1. The highest BCUT2D eigenvalue weighted by atomic mass is 35.5. The van der Waals surface area contributed by atoms with Gasteiger partial charge in [-0.15, -0.1) is 0 Å². The minimum atomic E-state index is -1.17. The third-order valence-electron chi connectivity index (χ3n) is 4.18. The molecule has 0 fully saturated rings. The lowest BCUT2D eigenvalue weighted by atomic mass is 9.98. The molecule has 0 spiro atoms. The first kappa shape index (κ1) is 16.7. The van der Waals surface area contributed by atoms with Crippen LogP contribution in [0.2, 0.25) is 10.0 Å². The third-order valence-corrected chi connectivity index (χ3v) is 4.92. The van der Waals surface area contributed by atoms with E-state index in [-0.39, 0.29) is 5.69 Å². The molecule has 2 aromatic heterocycles. The average Bonchev–Trinajstić information content (AvgIpc) is 3.20. The fourth-order valence-corrected chi connectivity index (χ4v) is 3.27. The normalized spacial score (nSPS) is 11.2. The van der Waals surface area contributed by atoms with E-state index >= 15 is 0 Å². The highest BCUT2D eigenvalue weighted by molar-refractivity contribution is 6.42. The molecule has 0 radical (unpaired) electrons. The van der Waals surface area contributed by atoms with E-state index in [9.17, 15) is 9.90 Å². The van der Waals surface area contributed by atoms with Crippen molar-refractivity contribution in [3.8, 4) is 22.5 Å². The van der Waals surface area contributed by atoms with E-state index < -0.39 is 5.97 Å². The number of carboxylic acids is 1. The Morgan fingerprint density at radius 3 is 2.69 bits per heavy atom. The third kappa shape index (κ3) is 2.66. The van der Waals surface area contributed by atoms with Crippen molar-refractivity contribution in [2.24, 2.45) is 0 Å². The molecule has 4 aromatic rings. The molecule has 7 heteroatoms. The van der Waals surface area contributed by atoms with Crippen molar-refractivity contribution >= 4 is 40.1 Å². The zero-order chi connectivity index (χ0) is 18.4. The number of nitrogens with one attached hydrogen (secondary N) is 1. The summed E-state index contributed by atoms with van der Waals surface area (Å²) in [5.74, 6) is -0.848. The molecule has 26 heavy (non-hydrogen) atoms. The molecule has 4 rings (SSSR count). The van der Waals surface area contributed by atoms with Crippen molar-refractivity contribution in [3.63, 3.8) is 0 Å². The van der Waals surface area contributed by atoms with Crippen LogP contribution >= 0.6 is 23.2 Å². The van der Waals surface area contributed by atoms with Gasteiger partial charge in [0, 0.05) is 28.2 Å². The first-order valence-corrected chi connectivity index (χ1v) is 8.48. The predicted octanol–water partition coefficient (Wildman–Crippen LogP) is 5.80. The molecule has 0 saturated heterocycles. The summed E-state index contributed by atoms with van der Waals surface area (Å²) >= 11 is 12.1. The summed E-state index contributed by atoms with van der Waals surface area (Å²) in [5, 5.41) is 14.9. The molecule has 5 nitrogen and oxygen atoms in total. The number of rotatable bonds is 3. The number of carbonyl (C=O) groups is 1. The van der Waals surface area contributed by atoms with Gasteiger partial charge in [0.2, 0.25) is 0 Å². The molecule has 0 bridgehead atoms. The Morgan fingerprint density at radius 2 is 1.96 bits per heavy atom. The zero-order valence-corrected chi connectivity index (χ0v) is 15.0. The monoisotopic (exact) mass is 386 g/mol. The number of hydrogen-bond donors (Lipinski definition) is 2. The van der Waals surface area contributed by atoms with Gasteiger partial charge in [-0.2, -0.15) is 0 Å². The Hall–Kier alpha value is -2.76. The summed E-state index contributed by atoms with van der Waals surface area (Å²) in [6, 6.07) is 10.9. The van der Waals surface area contributed by atoms with Gasteiger partial charge in [0.05, 0.1) is 15.6 Å². The van der Waals surface area contributed by atoms with Gasteiger partial charge in [0.25, 0.3) is 0 Å². The van der Waals surface area contributed by atoms with Crippen molar-refractivity contribution in [1.29, 1.82) is 0 Å². The summed E-state index contributed by atoms with van der Waals surface area (Å²) in [7, 11) is 0. The first-order valence-electron chi connectivity index (χ1n) is 7.72. The van der Waals surface area contributed by atoms with Gasteiger partial charge in [0.1, 0.15) is 0 Å². The molecule has 0 saturated carbocycles.